The van der Waals surface area contributed by atoms with Crippen molar-refractivity contribution >= 4 is 11.6 Å². The van der Waals surface area contributed by atoms with E-state index in [1.165, 1.54) is 0 Å². The molecule has 2 saturated carbocycles. The lowest BCUT2D eigenvalue weighted by molar-refractivity contribution is -0.150. The SMILES string of the molecule is C[C@]12CC[C@@]3(O)C(=C1C=CC2=O)CCC1CC(=O)CC[C@@]13C. The zero-order valence-electron chi connectivity index (χ0n) is 13.4. The van der Waals surface area contributed by atoms with Crippen molar-refractivity contribution in [3.8, 4) is 0 Å². The Morgan fingerprint density at radius 3 is 2.64 bits per heavy atom. The molecule has 0 aliphatic heterocycles. The molecule has 1 unspecified atom stereocenters. The Bertz CT molecular complexity index is 643. The fraction of sp³-hybridized carbons (Fsp3) is 0.684. The van der Waals surface area contributed by atoms with Gasteiger partial charge in [-0.05, 0) is 62.2 Å². The molecule has 4 aliphatic rings. The van der Waals surface area contributed by atoms with Crippen LogP contribution in [-0.4, -0.2) is 22.3 Å². The normalized spacial score (nSPS) is 47.3. The summed E-state index contributed by atoms with van der Waals surface area (Å²) in [4.78, 5) is 24.1. The van der Waals surface area contributed by atoms with Gasteiger partial charge in [0.05, 0.1) is 11.0 Å². The molecule has 3 heteroatoms. The van der Waals surface area contributed by atoms with Crippen molar-refractivity contribution in [2.45, 2.75) is 64.4 Å². The van der Waals surface area contributed by atoms with Crippen LogP contribution in [0.4, 0.5) is 0 Å². The summed E-state index contributed by atoms with van der Waals surface area (Å²) < 4.78 is 0. The van der Waals surface area contributed by atoms with Gasteiger partial charge in [-0.15, -0.1) is 0 Å². The maximum absolute atomic E-state index is 12.3. The molecule has 0 radical (unpaired) electrons. The van der Waals surface area contributed by atoms with Gasteiger partial charge in [0.1, 0.15) is 5.78 Å². The van der Waals surface area contributed by atoms with E-state index in [0.29, 0.717) is 31.5 Å². The third-order valence-electron chi connectivity index (χ3n) is 7.34. The first-order chi connectivity index (χ1) is 10.3. The van der Waals surface area contributed by atoms with Gasteiger partial charge in [0.25, 0.3) is 0 Å². The number of carbonyl (C=O) groups is 2. The predicted molar refractivity (Wildman–Crippen MR) is 83.2 cm³/mol. The molecule has 4 rings (SSSR count). The molecule has 3 nitrogen and oxygen atoms in total. The predicted octanol–water partition coefficient (Wildman–Crippen LogP) is 3.12. The molecular formula is C19H24O3. The molecule has 0 aromatic carbocycles. The Hall–Kier alpha value is -1.22. The van der Waals surface area contributed by atoms with Crippen LogP contribution in [0, 0.1) is 16.7 Å². The zero-order chi connectivity index (χ0) is 15.8. The summed E-state index contributed by atoms with van der Waals surface area (Å²) >= 11 is 0. The summed E-state index contributed by atoms with van der Waals surface area (Å²) in [6.45, 7) is 4.20. The fourth-order valence-corrected chi connectivity index (χ4v) is 5.62. The van der Waals surface area contributed by atoms with Crippen molar-refractivity contribution in [2.24, 2.45) is 16.7 Å². The van der Waals surface area contributed by atoms with Crippen molar-refractivity contribution in [1.82, 2.24) is 0 Å². The maximum Gasteiger partial charge on any atom is 0.165 e. The average molecular weight is 300 g/mol. The fourth-order valence-electron chi connectivity index (χ4n) is 5.62. The highest BCUT2D eigenvalue weighted by Crippen LogP contribution is 2.63. The second kappa shape index (κ2) is 4.19. The molecule has 4 aliphatic carbocycles. The van der Waals surface area contributed by atoms with Crippen molar-refractivity contribution < 1.29 is 14.7 Å². The molecular weight excluding hydrogens is 276 g/mol. The highest BCUT2D eigenvalue weighted by atomic mass is 16.3. The summed E-state index contributed by atoms with van der Waals surface area (Å²) in [5.41, 5.74) is 0.692. The number of Topliss-reactive ketones (excluding diaryl/α,β-unsaturated/α-hetero) is 1. The molecule has 0 aromatic rings. The van der Waals surface area contributed by atoms with E-state index in [9.17, 15) is 14.7 Å². The maximum atomic E-state index is 12.3. The average Bonchev–Trinajstić information content (AvgIpc) is 2.77. The van der Waals surface area contributed by atoms with Crippen molar-refractivity contribution in [3.05, 3.63) is 23.3 Å². The van der Waals surface area contributed by atoms with Crippen LogP contribution in [-0.2, 0) is 9.59 Å². The molecule has 0 spiro atoms. The lowest BCUT2D eigenvalue weighted by Gasteiger charge is -2.59. The molecule has 118 valence electrons. The van der Waals surface area contributed by atoms with E-state index < -0.39 is 11.0 Å². The molecule has 0 amide bonds. The first kappa shape index (κ1) is 14.4. The Morgan fingerprint density at radius 1 is 1.09 bits per heavy atom. The Balaban J connectivity index is 1.85. The van der Waals surface area contributed by atoms with E-state index >= 15 is 0 Å². The molecule has 0 heterocycles. The van der Waals surface area contributed by atoms with Gasteiger partial charge in [-0.1, -0.05) is 13.0 Å². The minimum atomic E-state index is -0.833. The van der Waals surface area contributed by atoms with Crippen LogP contribution in [0.15, 0.2) is 23.3 Å². The van der Waals surface area contributed by atoms with Crippen LogP contribution in [0.3, 0.4) is 0 Å². The molecule has 1 N–H and O–H groups in total. The largest absolute Gasteiger partial charge is 0.385 e. The van der Waals surface area contributed by atoms with Crippen LogP contribution >= 0.6 is 0 Å². The van der Waals surface area contributed by atoms with Gasteiger partial charge in [0, 0.05) is 18.3 Å². The lowest BCUT2D eigenvalue weighted by atomic mass is 9.47. The van der Waals surface area contributed by atoms with Crippen LogP contribution in [0.25, 0.3) is 0 Å². The monoisotopic (exact) mass is 300 g/mol. The summed E-state index contributed by atoms with van der Waals surface area (Å²) in [5, 5.41) is 11.7. The lowest BCUT2D eigenvalue weighted by Crippen LogP contribution is -2.59. The quantitative estimate of drug-likeness (QED) is 0.748. The van der Waals surface area contributed by atoms with Crippen LogP contribution in [0.5, 0.6) is 0 Å². The summed E-state index contributed by atoms with van der Waals surface area (Å²) in [6, 6.07) is 0. The number of ketones is 2. The molecule has 0 bridgehead atoms. The van der Waals surface area contributed by atoms with E-state index in [1.807, 2.05) is 13.0 Å². The number of allylic oxidation sites excluding steroid dienone is 3. The first-order valence-electron chi connectivity index (χ1n) is 8.52. The van der Waals surface area contributed by atoms with Crippen molar-refractivity contribution in [3.63, 3.8) is 0 Å². The molecule has 2 fully saturated rings. The highest BCUT2D eigenvalue weighted by Gasteiger charge is 2.61. The second-order valence-electron chi connectivity index (χ2n) is 8.18. The Morgan fingerprint density at radius 2 is 1.86 bits per heavy atom. The summed E-state index contributed by atoms with van der Waals surface area (Å²) in [5.74, 6) is 0.815. The topological polar surface area (TPSA) is 54.4 Å². The van der Waals surface area contributed by atoms with Gasteiger partial charge in [-0.25, -0.2) is 0 Å². The first-order valence-corrected chi connectivity index (χ1v) is 8.52. The Kier molecular flexibility index (Phi) is 2.74. The van der Waals surface area contributed by atoms with Crippen molar-refractivity contribution in [2.75, 3.05) is 0 Å². The second-order valence-corrected chi connectivity index (χ2v) is 8.18. The van der Waals surface area contributed by atoms with E-state index in [-0.39, 0.29) is 17.1 Å². The number of rotatable bonds is 0. The number of aliphatic hydroxyl groups is 1. The third-order valence-corrected chi connectivity index (χ3v) is 7.34. The van der Waals surface area contributed by atoms with E-state index in [1.54, 1.807) is 6.08 Å². The minimum Gasteiger partial charge on any atom is -0.385 e. The Labute approximate surface area is 131 Å². The highest BCUT2D eigenvalue weighted by molar-refractivity contribution is 6.02. The molecule has 0 saturated heterocycles. The van der Waals surface area contributed by atoms with Gasteiger partial charge in [0.15, 0.2) is 5.78 Å². The summed E-state index contributed by atoms with van der Waals surface area (Å²) in [6.07, 6.45) is 8.76. The molecule has 0 aromatic heterocycles. The zero-order valence-corrected chi connectivity index (χ0v) is 13.4. The smallest absolute Gasteiger partial charge is 0.165 e. The number of hydrogen-bond donors (Lipinski definition) is 1. The van der Waals surface area contributed by atoms with Gasteiger partial charge in [0.2, 0.25) is 0 Å². The minimum absolute atomic E-state index is 0.183. The molecule has 22 heavy (non-hydrogen) atoms. The van der Waals surface area contributed by atoms with Crippen LogP contribution < -0.4 is 0 Å². The summed E-state index contributed by atoms with van der Waals surface area (Å²) in [7, 11) is 0. The van der Waals surface area contributed by atoms with E-state index in [0.717, 1.165) is 30.4 Å². The van der Waals surface area contributed by atoms with E-state index in [2.05, 4.69) is 6.92 Å². The van der Waals surface area contributed by atoms with Gasteiger partial charge in [-0.3, -0.25) is 9.59 Å². The third kappa shape index (κ3) is 1.51. The number of hydrogen-bond acceptors (Lipinski definition) is 3. The van der Waals surface area contributed by atoms with Gasteiger partial charge in [-0.2, -0.15) is 0 Å². The van der Waals surface area contributed by atoms with Crippen LogP contribution in [0.2, 0.25) is 0 Å². The van der Waals surface area contributed by atoms with Crippen LogP contribution in [0.1, 0.15) is 58.8 Å². The number of carbonyl (C=O) groups excluding carboxylic acids is 2. The van der Waals surface area contributed by atoms with E-state index in [4.69, 9.17) is 0 Å². The van der Waals surface area contributed by atoms with Gasteiger partial charge >= 0.3 is 0 Å². The number of fused-ring (bicyclic) bond motifs is 4. The van der Waals surface area contributed by atoms with Gasteiger partial charge < -0.3 is 5.11 Å². The van der Waals surface area contributed by atoms with Crippen molar-refractivity contribution in [1.29, 1.82) is 0 Å². The standard InChI is InChI=1S/C19H24O3/c1-17-9-10-19(22)15(14(17)5-6-16(17)21)4-3-12-11-13(20)7-8-18(12,19)2/h5-6,12,22H,3-4,7-11H2,1-2H3/t12?,17-,18-,19+/m0/s1. The molecule has 4 atom stereocenters.